The van der Waals surface area contributed by atoms with Gasteiger partial charge in [0.1, 0.15) is 11.5 Å². The highest BCUT2D eigenvalue weighted by Crippen LogP contribution is 2.57. The maximum Gasteiger partial charge on any atom is 0.451 e. The second-order valence-electron chi connectivity index (χ2n) is 9.57. The van der Waals surface area contributed by atoms with Gasteiger partial charge in [-0.05, 0) is 62.5 Å². The second-order valence-corrected chi connectivity index (χ2v) is 9.57. The van der Waals surface area contributed by atoms with Crippen LogP contribution in [-0.2, 0) is 6.18 Å². The summed E-state index contributed by atoms with van der Waals surface area (Å²) in [5.74, 6) is -2.34. The fourth-order valence-corrected chi connectivity index (χ4v) is 6.24. The molecular formula is C22H21F4N5O3. The van der Waals surface area contributed by atoms with E-state index in [0.717, 1.165) is 43.8 Å². The number of ether oxygens (including phenoxy) is 1. The van der Waals surface area contributed by atoms with E-state index in [2.05, 4.69) is 25.6 Å². The molecule has 2 N–H and O–H groups in total. The molecule has 4 fully saturated rings. The molecule has 0 spiro atoms. The van der Waals surface area contributed by atoms with Crippen LogP contribution < -0.4 is 15.4 Å². The third kappa shape index (κ3) is 4.40. The Labute approximate surface area is 191 Å². The number of hydrogen-bond acceptors (Lipinski definition) is 6. The molecule has 2 unspecified atom stereocenters. The molecule has 34 heavy (non-hydrogen) atoms. The fraction of sp³-hybridized carbons (Fsp3) is 0.500. The molecule has 0 aromatic carbocycles. The summed E-state index contributed by atoms with van der Waals surface area (Å²) in [4.78, 5) is 35.7. The number of halogens is 4. The normalized spacial score (nSPS) is 29.5. The number of nitrogens with one attached hydrogen (secondary N) is 2. The first kappa shape index (κ1) is 22.5. The molecular weight excluding hydrogens is 458 g/mol. The molecule has 2 heterocycles. The summed E-state index contributed by atoms with van der Waals surface area (Å²) < 4.78 is 56.7. The molecule has 180 valence electrons. The predicted octanol–water partition coefficient (Wildman–Crippen LogP) is 3.64. The average molecular weight is 479 g/mol. The lowest BCUT2D eigenvalue weighted by molar-refractivity contribution is -0.145. The molecule has 2 aromatic heterocycles. The summed E-state index contributed by atoms with van der Waals surface area (Å²) in [5, 5.41) is 5.93. The maximum absolute atomic E-state index is 13.2. The number of amides is 2. The Kier molecular flexibility index (Phi) is 5.21. The van der Waals surface area contributed by atoms with E-state index in [1.54, 1.807) is 0 Å². The third-order valence-electron chi connectivity index (χ3n) is 6.85. The average Bonchev–Trinajstić information content (AvgIpc) is 2.72. The van der Waals surface area contributed by atoms with Gasteiger partial charge in [0.05, 0.1) is 6.20 Å². The fourth-order valence-electron chi connectivity index (χ4n) is 6.24. The van der Waals surface area contributed by atoms with Gasteiger partial charge in [0, 0.05) is 23.3 Å². The van der Waals surface area contributed by atoms with E-state index in [0.29, 0.717) is 19.3 Å². The maximum atomic E-state index is 13.2. The molecule has 4 saturated carbocycles. The Bertz CT molecular complexity index is 1110. The number of rotatable bonds is 4. The van der Waals surface area contributed by atoms with E-state index in [-0.39, 0.29) is 17.5 Å². The van der Waals surface area contributed by atoms with Gasteiger partial charge in [-0.3, -0.25) is 4.79 Å². The van der Waals surface area contributed by atoms with Crippen LogP contribution in [0.4, 0.5) is 22.4 Å². The lowest BCUT2D eigenvalue weighted by Gasteiger charge is -2.61. The van der Waals surface area contributed by atoms with Crippen LogP contribution in [0.15, 0.2) is 30.6 Å². The molecule has 2 amide bonds. The van der Waals surface area contributed by atoms with Gasteiger partial charge in [-0.15, -0.1) is 0 Å². The van der Waals surface area contributed by atoms with Crippen LogP contribution in [0.3, 0.4) is 0 Å². The number of alkyl halides is 3. The summed E-state index contributed by atoms with van der Waals surface area (Å²) >= 11 is 0. The highest BCUT2D eigenvalue weighted by molar-refractivity contribution is 5.92. The molecule has 6 rings (SSSR count). The molecule has 2 aromatic rings. The van der Waals surface area contributed by atoms with Gasteiger partial charge in [0.25, 0.3) is 5.91 Å². The van der Waals surface area contributed by atoms with Crippen molar-refractivity contribution in [1.82, 2.24) is 25.6 Å². The van der Waals surface area contributed by atoms with Crippen LogP contribution in [0.25, 0.3) is 0 Å². The van der Waals surface area contributed by atoms with Crippen molar-refractivity contribution in [2.24, 2.45) is 11.8 Å². The van der Waals surface area contributed by atoms with Crippen LogP contribution in [0, 0.1) is 17.7 Å². The third-order valence-corrected chi connectivity index (χ3v) is 6.85. The van der Waals surface area contributed by atoms with Crippen molar-refractivity contribution >= 4 is 12.0 Å². The van der Waals surface area contributed by atoms with Gasteiger partial charge in [-0.25, -0.2) is 19.2 Å². The molecule has 8 nitrogen and oxygen atoms in total. The van der Waals surface area contributed by atoms with Crippen molar-refractivity contribution in [2.45, 2.75) is 55.8 Å². The van der Waals surface area contributed by atoms with Crippen molar-refractivity contribution in [3.8, 4) is 5.88 Å². The van der Waals surface area contributed by atoms with Gasteiger partial charge >= 0.3 is 12.3 Å². The number of hydrogen-bond donors (Lipinski definition) is 2. The number of nitrogens with zero attached hydrogens (tertiary/aromatic N) is 3. The van der Waals surface area contributed by atoms with E-state index in [4.69, 9.17) is 4.74 Å². The first-order valence-electron chi connectivity index (χ1n) is 10.9. The monoisotopic (exact) mass is 479 g/mol. The first-order chi connectivity index (χ1) is 16.0. The lowest BCUT2D eigenvalue weighted by Crippen LogP contribution is -2.70. The van der Waals surface area contributed by atoms with Gasteiger partial charge in [-0.2, -0.15) is 18.2 Å². The minimum Gasteiger partial charge on any atom is -0.391 e. The molecule has 12 heteroatoms. The Morgan fingerprint density at radius 3 is 2.29 bits per heavy atom. The molecule has 4 aliphatic rings. The van der Waals surface area contributed by atoms with E-state index in [1.165, 1.54) is 6.07 Å². The molecule has 4 bridgehead atoms. The summed E-state index contributed by atoms with van der Waals surface area (Å²) in [5.41, 5.74) is -1.13. The van der Waals surface area contributed by atoms with Crippen molar-refractivity contribution in [3.63, 3.8) is 0 Å². The van der Waals surface area contributed by atoms with Crippen LogP contribution >= 0.6 is 0 Å². The predicted molar refractivity (Wildman–Crippen MR) is 108 cm³/mol. The number of aromatic nitrogens is 3. The van der Waals surface area contributed by atoms with E-state index < -0.39 is 46.8 Å². The highest BCUT2D eigenvalue weighted by Gasteiger charge is 2.59. The topological polar surface area (TPSA) is 106 Å². The standard InChI is InChI=1S/C22H21F4N5O3/c23-14-1-2-15(28-10-14)17(32)30-20-6-12-5-13(7-20)9-21(8-12,11-20)31-19(33)34-16-3-4-27-18(29-16)22(24,25)26/h1-4,10,12-13H,5-9,11H2,(H,30,32)(H,31,33). The minimum atomic E-state index is -4.76. The quantitative estimate of drug-likeness (QED) is 0.649. The van der Waals surface area contributed by atoms with Gasteiger partial charge in [0.2, 0.25) is 11.7 Å². The minimum absolute atomic E-state index is 0.0998. The largest absolute Gasteiger partial charge is 0.451 e. The Balaban J connectivity index is 1.30. The first-order valence-corrected chi connectivity index (χ1v) is 10.9. The van der Waals surface area contributed by atoms with Crippen molar-refractivity contribution in [2.75, 3.05) is 0 Å². The summed E-state index contributed by atoms with van der Waals surface area (Å²) in [6.07, 6.45) is 0.465. The van der Waals surface area contributed by atoms with Crippen LogP contribution in [-0.4, -0.2) is 38.0 Å². The zero-order chi connectivity index (χ0) is 24.1. The molecule has 0 saturated heterocycles. The van der Waals surface area contributed by atoms with E-state index in [1.807, 2.05) is 0 Å². The Morgan fingerprint density at radius 2 is 1.68 bits per heavy atom. The van der Waals surface area contributed by atoms with Gasteiger partial charge in [0.15, 0.2) is 0 Å². The van der Waals surface area contributed by atoms with Gasteiger partial charge in [-0.1, -0.05) is 0 Å². The van der Waals surface area contributed by atoms with Crippen molar-refractivity contribution in [3.05, 3.63) is 47.9 Å². The molecule has 0 aliphatic heterocycles. The van der Waals surface area contributed by atoms with Crippen LogP contribution in [0.5, 0.6) is 5.88 Å². The lowest BCUT2D eigenvalue weighted by atomic mass is 9.50. The highest BCUT2D eigenvalue weighted by atomic mass is 19.4. The zero-order valence-corrected chi connectivity index (χ0v) is 17.9. The smallest absolute Gasteiger partial charge is 0.391 e. The van der Waals surface area contributed by atoms with Crippen LogP contribution in [0.1, 0.15) is 54.8 Å². The SMILES string of the molecule is O=C(NC12CC3CC(C1)CC(NC(=O)c1ccc(F)cn1)(C3)C2)Oc1ccnc(C(F)(F)F)n1. The molecule has 2 atom stereocenters. The molecule has 0 radical (unpaired) electrons. The Morgan fingerprint density at radius 1 is 1.00 bits per heavy atom. The number of carbonyl (C=O) groups excluding carboxylic acids is 2. The van der Waals surface area contributed by atoms with Crippen molar-refractivity contribution in [1.29, 1.82) is 0 Å². The zero-order valence-electron chi connectivity index (χ0n) is 17.9. The summed E-state index contributed by atoms with van der Waals surface area (Å²) in [6, 6.07) is 3.55. The van der Waals surface area contributed by atoms with Crippen molar-refractivity contribution < 1.29 is 31.9 Å². The Hall–Kier alpha value is -3.31. The number of pyridine rings is 1. The molecule has 4 aliphatic carbocycles. The summed E-state index contributed by atoms with van der Waals surface area (Å²) in [7, 11) is 0. The number of carbonyl (C=O) groups is 2. The van der Waals surface area contributed by atoms with E-state index in [9.17, 15) is 27.2 Å². The van der Waals surface area contributed by atoms with E-state index >= 15 is 0 Å². The van der Waals surface area contributed by atoms with Gasteiger partial charge < -0.3 is 15.4 Å². The second kappa shape index (κ2) is 7.88. The summed E-state index contributed by atoms with van der Waals surface area (Å²) in [6.45, 7) is 0. The van der Waals surface area contributed by atoms with Crippen LogP contribution in [0.2, 0.25) is 0 Å².